The van der Waals surface area contributed by atoms with Crippen molar-refractivity contribution >= 4 is 29.0 Å². The molecule has 2 aromatic heterocycles. The van der Waals surface area contributed by atoms with Crippen LogP contribution in [-0.4, -0.2) is 45.0 Å². The molecule has 2 fully saturated rings. The average Bonchev–Trinajstić information content (AvgIpc) is 3.42. The molecule has 3 atom stereocenters. The standard InChI is InChI=1S/C26H29ClN6O/c1-16-7-8-20(27)10-21(16)26(34)32-9-5-4-6-23(32)22-11-24-29-25(18(3)14-33(24)30-22)31-13-17(2)19(12-28)15-31/h7-8,10-11,14,17,19,23H,4-6,9,13,15H2,1-3H3/t17-,19+,23-/m0/s1. The van der Waals surface area contributed by atoms with Crippen LogP contribution in [0.5, 0.6) is 0 Å². The second-order valence-electron chi connectivity index (χ2n) is 9.71. The van der Waals surface area contributed by atoms with E-state index in [-0.39, 0.29) is 17.9 Å². The number of hydrogen-bond acceptors (Lipinski definition) is 5. The highest BCUT2D eigenvalue weighted by atomic mass is 35.5. The predicted octanol–water partition coefficient (Wildman–Crippen LogP) is 4.96. The Balaban J connectivity index is 1.47. The van der Waals surface area contributed by atoms with Gasteiger partial charge in [0.15, 0.2) is 5.65 Å². The monoisotopic (exact) mass is 476 g/mol. The van der Waals surface area contributed by atoms with Crippen molar-refractivity contribution in [2.75, 3.05) is 24.5 Å². The maximum atomic E-state index is 13.5. The first-order chi connectivity index (χ1) is 16.4. The van der Waals surface area contributed by atoms with Crippen molar-refractivity contribution in [3.05, 3.63) is 57.9 Å². The van der Waals surface area contributed by atoms with E-state index in [4.69, 9.17) is 21.7 Å². The average molecular weight is 477 g/mol. The van der Waals surface area contributed by atoms with Crippen LogP contribution in [0.15, 0.2) is 30.5 Å². The molecule has 1 amide bonds. The molecule has 7 nitrogen and oxygen atoms in total. The number of rotatable bonds is 3. The van der Waals surface area contributed by atoms with Crippen LogP contribution in [-0.2, 0) is 0 Å². The molecule has 2 aliphatic heterocycles. The van der Waals surface area contributed by atoms with Crippen LogP contribution in [0.2, 0.25) is 5.02 Å². The number of halogens is 1. The number of carbonyl (C=O) groups is 1. The van der Waals surface area contributed by atoms with E-state index in [0.717, 1.165) is 54.1 Å². The summed E-state index contributed by atoms with van der Waals surface area (Å²) in [6.45, 7) is 8.32. The van der Waals surface area contributed by atoms with E-state index < -0.39 is 0 Å². The number of carbonyl (C=O) groups excluding carboxylic acids is 1. The van der Waals surface area contributed by atoms with Crippen LogP contribution in [0, 0.1) is 37.0 Å². The summed E-state index contributed by atoms with van der Waals surface area (Å²) in [5.41, 5.74) is 4.22. The first-order valence-electron chi connectivity index (χ1n) is 11.9. The van der Waals surface area contributed by atoms with E-state index >= 15 is 0 Å². The molecule has 8 heteroatoms. The zero-order chi connectivity index (χ0) is 24.0. The molecule has 2 saturated heterocycles. The lowest BCUT2D eigenvalue weighted by Gasteiger charge is -2.35. The van der Waals surface area contributed by atoms with Crippen molar-refractivity contribution < 1.29 is 4.79 Å². The summed E-state index contributed by atoms with van der Waals surface area (Å²) in [6, 6.07) is 9.80. The second kappa shape index (κ2) is 8.92. The number of piperidine rings is 1. The Labute approximate surface area is 204 Å². The molecule has 0 saturated carbocycles. The number of anilines is 1. The summed E-state index contributed by atoms with van der Waals surface area (Å²) >= 11 is 6.20. The van der Waals surface area contributed by atoms with Gasteiger partial charge < -0.3 is 9.80 Å². The van der Waals surface area contributed by atoms with E-state index in [0.29, 0.717) is 29.6 Å². The van der Waals surface area contributed by atoms with Crippen LogP contribution < -0.4 is 4.90 Å². The molecule has 0 radical (unpaired) electrons. The van der Waals surface area contributed by atoms with Gasteiger partial charge in [-0.1, -0.05) is 24.6 Å². The van der Waals surface area contributed by atoms with E-state index in [2.05, 4.69) is 17.9 Å². The van der Waals surface area contributed by atoms with Gasteiger partial charge >= 0.3 is 0 Å². The molecule has 0 bridgehead atoms. The summed E-state index contributed by atoms with van der Waals surface area (Å²) in [7, 11) is 0. The summed E-state index contributed by atoms with van der Waals surface area (Å²) in [4.78, 5) is 22.6. The largest absolute Gasteiger partial charge is 0.355 e. The van der Waals surface area contributed by atoms with Crippen molar-refractivity contribution in [3.8, 4) is 6.07 Å². The minimum atomic E-state index is -0.0973. The molecule has 5 rings (SSSR count). The summed E-state index contributed by atoms with van der Waals surface area (Å²) in [5, 5.41) is 14.8. The van der Waals surface area contributed by atoms with Gasteiger partial charge in [0.25, 0.3) is 5.91 Å². The molecule has 0 aliphatic carbocycles. The SMILES string of the molecule is Cc1ccc(Cl)cc1C(=O)N1CCCC[C@H]1c1cc2nc(N3C[C@@H](C#N)[C@@H](C)C3)c(C)cn2n1. The van der Waals surface area contributed by atoms with Gasteiger partial charge in [-0.05, 0) is 56.7 Å². The molecule has 3 aromatic rings. The fraction of sp³-hybridized carbons (Fsp3) is 0.462. The van der Waals surface area contributed by atoms with Gasteiger partial charge in [0, 0.05) is 48.0 Å². The number of nitriles is 1. The fourth-order valence-electron chi connectivity index (χ4n) is 5.27. The van der Waals surface area contributed by atoms with E-state index in [1.165, 1.54) is 0 Å². The number of nitrogens with zero attached hydrogens (tertiary/aromatic N) is 6. The van der Waals surface area contributed by atoms with Gasteiger partial charge in [0.05, 0.1) is 23.7 Å². The third-order valence-corrected chi connectivity index (χ3v) is 7.47. The zero-order valence-electron chi connectivity index (χ0n) is 19.8. The third-order valence-electron chi connectivity index (χ3n) is 7.24. The van der Waals surface area contributed by atoms with Crippen LogP contribution in [0.3, 0.4) is 0 Å². The molecular formula is C26H29ClN6O. The fourth-order valence-corrected chi connectivity index (χ4v) is 5.44. The van der Waals surface area contributed by atoms with Crippen molar-refractivity contribution in [3.63, 3.8) is 0 Å². The highest BCUT2D eigenvalue weighted by Gasteiger charge is 2.33. The number of benzene rings is 1. The van der Waals surface area contributed by atoms with Crippen LogP contribution in [0.25, 0.3) is 5.65 Å². The highest BCUT2D eigenvalue weighted by Crippen LogP contribution is 2.34. The number of aromatic nitrogens is 3. The van der Waals surface area contributed by atoms with Crippen LogP contribution >= 0.6 is 11.6 Å². The smallest absolute Gasteiger partial charge is 0.254 e. The number of hydrogen-bond donors (Lipinski definition) is 0. The highest BCUT2D eigenvalue weighted by molar-refractivity contribution is 6.31. The van der Waals surface area contributed by atoms with Gasteiger partial charge in [0.2, 0.25) is 0 Å². The van der Waals surface area contributed by atoms with Gasteiger partial charge in [0.1, 0.15) is 5.82 Å². The second-order valence-corrected chi connectivity index (χ2v) is 10.1. The lowest BCUT2D eigenvalue weighted by molar-refractivity contribution is 0.0605. The minimum Gasteiger partial charge on any atom is -0.355 e. The Kier molecular flexibility index (Phi) is 5.95. The van der Waals surface area contributed by atoms with Gasteiger partial charge in [-0.25, -0.2) is 9.50 Å². The van der Waals surface area contributed by atoms with Gasteiger partial charge in [-0.2, -0.15) is 10.4 Å². The molecule has 4 heterocycles. The van der Waals surface area contributed by atoms with E-state index in [1.54, 1.807) is 6.07 Å². The molecule has 0 N–H and O–H groups in total. The van der Waals surface area contributed by atoms with E-state index in [9.17, 15) is 10.1 Å². The molecular weight excluding hydrogens is 448 g/mol. The van der Waals surface area contributed by atoms with Crippen LogP contribution in [0.4, 0.5) is 5.82 Å². The Bertz CT molecular complexity index is 1290. The molecule has 2 aliphatic rings. The minimum absolute atomic E-state index is 0.000171. The predicted molar refractivity (Wildman–Crippen MR) is 132 cm³/mol. The Morgan fingerprint density at radius 3 is 2.76 bits per heavy atom. The molecule has 0 spiro atoms. The Morgan fingerprint density at radius 2 is 2.00 bits per heavy atom. The van der Waals surface area contributed by atoms with Gasteiger partial charge in [-0.3, -0.25) is 4.79 Å². The maximum Gasteiger partial charge on any atom is 0.254 e. The van der Waals surface area contributed by atoms with Crippen molar-refractivity contribution in [2.24, 2.45) is 11.8 Å². The first-order valence-corrected chi connectivity index (χ1v) is 12.3. The van der Waals surface area contributed by atoms with Gasteiger partial charge in [-0.15, -0.1) is 0 Å². The van der Waals surface area contributed by atoms with Crippen molar-refractivity contribution in [2.45, 2.75) is 46.1 Å². The normalized spacial score (nSPS) is 22.9. The third kappa shape index (κ3) is 4.01. The van der Waals surface area contributed by atoms with E-state index in [1.807, 2.05) is 47.7 Å². The topological polar surface area (TPSA) is 77.5 Å². The van der Waals surface area contributed by atoms with Crippen molar-refractivity contribution in [1.29, 1.82) is 5.26 Å². The van der Waals surface area contributed by atoms with Crippen LogP contribution in [0.1, 0.15) is 59.4 Å². The van der Waals surface area contributed by atoms with Crippen molar-refractivity contribution in [1.82, 2.24) is 19.5 Å². The number of likely N-dealkylation sites (tertiary alicyclic amines) is 1. The summed E-state index contributed by atoms with van der Waals surface area (Å²) < 4.78 is 1.82. The maximum absolute atomic E-state index is 13.5. The molecule has 34 heavy (non-hydrogen) atoms. The molecule has 0 unspecified atom stereocenters. The Hall–Kier alpha value is -3.11. The first kappa shape index (κ1) is 22.7. The number of aryl methyl sites for hydroxylation is 2. The molecule has 1 aromatic carbocycles. The number of fused-ring (bicyclic) bond motifs is 1. The Morgan fingerprint density at radius 1 is 1.18 bits per heavy atom. The molecule has 176 valence electrons. The number of amides is 1. The lowest BCUT2D eigenvalue weighted by atomic mass is 9.97. The quantitative estimate of drug-likeness (QED) is 0.533. The summed E-state index contributed by atoms with van der Waals surface area (Å²) in [5.74, 6) is 1.25. The zero-order valence-corrected chi connectivity index (χ0v) is 20.6. The lowest BCUT2D eigenvalue weighted by Crippen LogP contribution is -2.39. The summed E-state index contributed by atoms with van der Waals surface area (Å²) in [6.07, 6.45) is 4.90.